The van der Waals surface area contributed by atoms with Crippen molar-refractivity contribution in [2.75, 3.05) is 39.3 Å². The Balaban J connectivity index is 1.70. The van der Waals surface area contributed by atoms with Gasteiger partial charge in [-0.15, -0.1) is 11.3 Å². The lowest BCUT2D eigenvalue weighted by atomic mass is 10.1. The third kappa shape index (κ3) is 2.79. The topological polar surface area (TPSA) is 52.7 Å². The first-order valence-electron chi connectivity index (χ1n) is 6.38. The number of halogens is 2. The minimum Gasteiger partial charge on any atom is -0.314 e. The van der Waals surface area contributed by atoms with Gasteiger partial charge in [0.1, 0.15) is 4.21 Å². The van der Waals surface area contributed by atoms with E-state index in [1.807, 2.05) is 0 Å². The molecular weight excluding hydrogens is 386 g/mol. The molecule has 0 spiro atoms. The molecule has 0 bridgehead atoms. The molecule has 0 saturated carbocycles. The Morgan fingerprint density at radius 3 is 2.40 bits per heavy atom. The Labute approximate surface area is 136 Å². The molecule has 0 unspecified atom stereocenters. The maximum absolute atomic E-state index is 12.5. The first kappa shape index (κ1) is 15.2. The summed E-state index contributed by atoms with van der Waals surface area (Å²) >= 11 is 10.4. The summed E-state index contributed by atoms with van der Waals surface area (Å²) in [6.07, 6.45) is 0. The predicted octanol–water partition coefficient (Wildman–Crippen LogP) is 1.44. The van der Waals surface area contributed by atoms with Crippen molar-refractivity contribution in [1.82, 2.24) is 14.5 Å². The summed E-state index contributed by atoms with van der Waals surface area (Å²) in [4.78, 5) is 2.36. The third-order valence-electron chi connectivity index (χ3n) is 3.77. The molecule has 0 amide bonds. The average Bonchev–Trinajstić information content (AvgIpc) is 2.69. The molecule has 20 heavy (non-hydrogen) atoms. The van der Waals surface area contributed by atoms with E-state index < -0.39 is 10.0 Å². The molecule has 0 aromatic carbocycles. The lowest BCUT2D eigenvalue weighted by Crippen LogP contribution is -2.61. The van der Waals surface area contributed by atoms with Gasteiger partial charge >= 0.3 is 0 Å². The van der Waals surface area contributed by atoms with Gasteiger partial charge in [0.15, 0.2) is 0 Å². The molecule has 3 rings (SSSR count). The second-order valence-corrected chi connectivity index (χ2v) is 9.88. The van der Waals surface area contributed by atoms with Crippen LogP contribution >= 0.6 is 38.9 Å². The molecule has 9 heteroatoms. The minimum atomic E-state index is -3.41. The van der Waals surface area contributed by atoms with Gasteiger partial charge in [-0.25, -0.2) is 8.42 Å². The molecule has 112 valence electrons. The highest BCUT2D eigenvalue weighted by atomic mass is 79.9. The van der Waals surface area contributed by atoms with Crippen molar-refractivity contribution in [1.29, 1.82) is 0 Å². The normalized spacial score (nSPS) is 22.9. The number of hydrogen-bond donors (Lipinski definition) is 1. The van der Waals surface area contributed by atoms with Crippen molar-refractivity contribution in [3.63, 3.8) is 0 Å². The predicted molar refractivity (Wildman–Crippen MR) is 84.0 cm³/mol. The zero-order valence-electron chi connectivity index (χ0n) is 10.7. The van der Waals surface area contributed by atoms with Crippen molar-refractivity contribution < 1.29 is 8.42 Å². The highest BCUT2D eigenvalue weighted by Crippen LogP contribution is 2.36. The maximum Gasteiger partial charge on any atom is 0.252 e. The van der Waals surface area contributed by atoms with Crippen LogP contribution in [0.5, 0.6) is 0 Å². The molecule has 0 aliphatic carbocycles. The smallest absolute Gasteiger partial charge is 0.252 e. The van der Waals surface area contributed by atoms with Crippen LogP contribution in [0.3, 0.4) is 0 Å². The fourth-order valence-corrected chi connectivity index (χ4v) is 6.40. The first-order chi connectivity index (χ1) is 9.48. The van der Waals surface area contributed by atoms with Gasteiger partial charge in [-0.05, 0) is 22.0 Å². The molecule has 0 radical (unpaired) electrons. The standard InChI is InChI=1S/C11H15BrClN3O2S2/c12-11-9(13)5-10(19-11)20(17,18)16-3-1-15(2-4-16)8-6-14-7-8/h5,8,14H,1-4,6-7H2. The quantitative estimate of drug-likeness (QED) is 0.834. The monoisotopic (exact) mass is 399 g/mol. The summed E-state index contributed by atoms with van der Waals surface area (Å²) in [7, 11) is -3.41. The third-order valence-corrected chi connectivity index (χ3v) is 8.59. The first-order valence-corrected chi connectivity index (χ1v) is 9.81. The Bertz CT molecular complexity index is 575. The second-order valence-electron chi connectivity index (χ2n) is 4.94. The van der Waals surface area contributed by atoms with Gasteiger partial charge < -0.3 is 5.32 Å². The van der Waals surface area contributed by atoms with Gasteiger partial charge in [0, 0.05) is 45.3 Å². The Morgan fingerprint density at radius 1 is 1.30 bits per heavy atom. The lowest BCUT2D eigenvalue weighted by molar-refractivity contribution is 0.103. The molecule has 2 aliphatic rings. The molecule has 3 heterocycles. The highest BCUT2D eigenvalue weighted by molar-refractivity contribution is 9.11. The van der Waals surface area contributed by atoms with E-state index in [1.165, 1.54) is 17.4 Å². The molecule has 2 aliphatic heterocycles. The molecule has 1 aromatic rings. The molecule has 0 atom stereocenters. The van der Waals surface area contributed by atoms with Gasteiger partial charge in [0.2, 0.25) is 0 Å². The van der Waals surface area contributed by atoms with Crippen LogP contribution in [-0.4, -0.2) is 62.9 Å². The molecule has 1 aromatic heterocycles. The second kappa shape index (κ2) is 5.83. The summed E-state index contributed by atoms with van der Waals surface area (Å²) in [5, 5.41) is 3.69. The molecular formula is C11H15BrClN3O2S2. The van der Waals surface area contributed by atoms with E-state index in [2.05, 4.69) is 26.1 Å². The SMILES string of the molecule is O=S(=O)(c1cc(Cl)c(Br)s1)N1CCN(C2CNC2)CC1. The van der Waals surface area contributed by atoms with Crippen LogP contribution in [-0.2, 0) is 10.0 Å². The average molecular weight is 401 g/mol. The number of piperazine rings is 1. The summed E-state index contributed by atoms with van der Waals surface area (Å²) in [6, 6.07) is 2.10. The fraction of sp³-hybridized carbons (Fsp3) is 0.636. The number of sulfonamides is 1. The lowest BCUT2D eigenvalue weighted by Gasteiger charge is -2.42. The van der Waals surface area contributed by atoms with E-state index in [-0.39, 0.29) is 0 Å². The Kier molecular flexibility index (Phi) is 4.43. The van der Waals surface area contributed by atoms with E-state index in [1.54, 1.807) is 4.31 Å². The van der Waals surface area contributed by atoms with Gasteiger partial charge in [-0.2, -0.15) is 4.31 Å². The fourth-order valence-electron chi connectivity index (χ4n) is 2.42. The van der Waals surface area contributed by atoms with Gasteiger partial charge in [-0.3, -0.25) is 4.90 Å². The van der Waals surface area contributed by atoms with Crippen LogP contribution in [0.2, 0.25) is 5.02 Å². The van der Waals surface area contributed by atoms with Gasteiger partial charge in [0.05, 0.1) is 8.81 Å². The van der Waals surface area contributed by atoms with E-state index in [4.69, 9.17) is 11.6 Å². The van der Waals surface area contributed by atoms with Crippen LogP contribution in [0.15, 0.2) is 14.1 Å². The van der Waals surface area contributed by atoms with E-state index in [0.717, 1.165) is 26.2 Å². The van der Waals surface area contributed by atoms with Crippen molar-refractivity contribution in [2.45, 2.75) is 10.3 Å². The minimum absolute atomic E-state index is 0.313. The Morgan fingerprint density at radius 2 is 1.95 bits per heavy atom. The number of nitrogens with one attached hydrogen (secondary N) is 1. The zero-order valence-corrected chi connectivity index (χ0v) is 14.7. The van der Waals surface area contributed by atoms with Crippen molar-refractivity contribution in [3.8, 4) is 0 Å². The summed E-state index contributed by atoms with van der Waals surface area (Å²) in [5.41, 5.74) is 0. The van der Waals surface area contributed by atoms with Crippen molar-refractivity contribution >= 4 is 48.9 Å². The molecule has 2 fully saturated rings. The molecule has 2 saturated heterocycles. The van der Waals surface area contributed by atoms with Gasteiger partial charge in [0.25, 0.3) is 10.0 Å². The largest absolute Gasteiger partial charge is 0.314 e. The van der Waals surface area contributed by atoms with Crippen molar-refractivity contribution in [2.24, 2.45) is 0 Å². The highest BCUT2D eigenvalue weighted by Gasteiger charge is 2.33. The van der Waals surface area contributed by atoms with Crippen LogP contribution in [0, 0.1) is 0 Å². The maximum atomic E-state index is 12.5. The molecule has 1 N–H and O–H groups in total. The van der Waals surface area contributed by atoms with E-state index in [9.17, 15) is 8.42 Å². The van der Waals surface area contributed by atoms with E-state index >= 15 is 0 Å². The van der Waals surface area contributed by atoms with Crippen LogP contribution in [0.25, 0.3) is 0 Å². The van der Waals surface area contributed by atoms with E-state index in [0.29, 0.717) is 32.1 Å². The summed E-state index contributed by atoms with van der Waals surface area (Å²) < 4.78 is 27.6. The number of rotatable bonds is 3. The van der Waals surface area contributed by atoms with Crippen molar-refractivity contribution in [3.05, 3.63) is 14.9 Å². The number of thiophene rings is 1. The van der Waals surface area contributed by atoms with Gasteiger partial charge in [-0.1, -0.05) is 11.6 Å². The number of hydrogen-bond acceptors (Lipinski definition) is 5. The van der Waals surface area contributed by atoms with Crippen LogP contribution < -0.4 is 5.32 Å². The molecule has 5 nitrogen and oxygen atoms in total. The zero-order chi connectivity index (χ0) is 14.3. The van der Waals surface area contributed by atoms with Crippen LogP contribution in [0.1, 0.15) is 0 Å². The summed E-state index contributed by atoms with van der Waals surface area (Å²) in [6.45, 7) is 4.72. The number of nitrogens with zero attached hydrogens (tertiary/aromatic N) is 2. The van der Waals surface area contributed by atoms with Crippen LogP contribution in [0.4, 0.5) is 0 Å². The Hall–Kier alpha value is 0.300. The summed E-state index contributed by atoms with van der Waals surface area (Å²) in [5.74, 6) is 0.